The van der Waals surface area contributed by atoms with Crippen molar-refractivity contribution in [1.82, 2.24) is 4.90 Å². The quantitative estimate of drug-likeness (QED) is 0.602. The summed E-state index contributed by atoms with van der Waals surface area (Å²) < 4.78 is 19.1. The Bertz CT molecular complexity index is 527. The molecule has 0 bridgehead atoms. The van der Waals surface area contributed by atoms with Gasteiger partial charge < -0.3 is 9.64 Å². The van der Waals surface area contributed by atoms with Crippen LogP contribution in [0.3, 0.4) is 0 Å². The van der Waals surface area contributed by atoms with Crippen molar-refractivity contribution in [2.45, 2.75) is 6.92 Å². The van der Waals surface area contributed by atoms with Gasteiger partial charge in [-0.2, -0.15) is 0 Å². The van der Waals surface area contributed by atoms with Gasteiger partial charge in [0.05, 0.1) is 23.7 Å². The van der Waals surface area contributed by atoms with Gasteiger partial charge in [0.25, 0.3) is 11.6 Å². The maximum atomic E-state index is 13.9. The Balaban J connectivity index is 2.37. The van der Waals surface area contributed by atoms with Crippen molar-refractivity contribution < 1.29 is 18.8 Å². The average Bonchev–Trinajstić information content (AvgIpc) is 2.41. The van der Waals surface area contributed by atoms with E-state index in [1.54, 1.807) is 0 Å². The average molecular weight is 268 g/mol. The van der Waals surface area contributed by atoms with Crippen LogP contribution in [0.2, 0.25) is 0 Å². The normalized spacial score (nSPS) is 15.4. The standard InChI is InChI=1S/C12H13FN2O4/c1-8-6-9(15(17)18)7-10(11(8)13)12(16)14-2-4-19-5-3-14/h6-7H,2-5H2,1H3. The van der Waals surface area contributed by atoms with Crippen LogP contribution < -0.4 is 0 Å². The van der Waals surface area contributed by atoms with Crippen LogP contribution in [0.15, 0.2) is 12.1 Å². The van der Waals surface area contributed by atoms with E-state index in [1.165, 1.54) is 11.8 Å². The van der Waals surface area contributed by atoms with Gasteiger partial charge in [-0.3, -0.25) is 14.9 Å². The molecule has 0 saturated carbocycles. The highest BCUT2D eigenvalue weighted by molar-refractivity contribution is 5.95. The number of halogens is 1. The van der Waals surface area contributed by atoms with Gasteiger partial charge >= 0.3 is 0 Å². The lowest BCUT2D eigenvalue weighted by atomic mass is 10.1. The summed E-state index contributed by atoms with van der Waals surface area (Å²) in [6.45, 7) is 2.90. The van der Waals surface area contributed by atoms with Crippen molar-refractivity contribution >= 4 is 11.6 Å². The number of hydrogen-bond acceptors (Lipinski definition) is 4. The second-order valence-corrected chi connectivity index (χ2v) is 4.29. The van der Waals surface area contributed by atoms with Crippen molar-refractivity contribution in [2.75, 3.05) is 26.3 Å². The van der Waals surface area contributed by atoms with Crippen LogP contribution in [-0.4, -0.2) is 42.0 Å². The fraction of sp³-hybridized carbons (Fsp3) is 0.417. The summed E-state index contributed by atoms with van der Waals surface area (Å²) >= 11 is 0. The van der Waals surface area contributed by atoms with E-state index in [1.807, 2.05) is 0 Å². The van der Waals surface area contributed by atoms with Crippen molar-refractivity contribution in [3.05, 3.63) is 39.2 Å². The SMILES string of the molecule is Cc1cc([N+](=O)[O-])cc(C(=O)N2CCOCC2)c1F. The lowest BCUT2D eigenvalue weighted by Gasteiger charge is -2.27. The van der Waals surface area contributed by atoms with Crippen LogP contribution in [-0.2, 0) is 4.74 Å². The van der Waals surface area contributed by atoms with E-state index in [2.05, 4.69) is 0 Å². The molecule has 1 heterocycles. The number of morpholine rings is 1. The van der Waals surface area contributed by atoms with Gasteiger partial charge in [-0.1, -0.05) is 0 Å². The Kier molecular flexibility index (Phi) is 3.75. The molecule has 1 aliphatic rings. The molecular weight excluding hydrogens is 255 g/mol. The van der Waals surface area contributed by atoms with Crippen LogP contribution in [0.5, 0.6) is 0 Å². The minimum Gasteiger partial charge on any atom is -0.378 e. The predicted molar refractivity (Wildman–Crippen MR) is 64.5 cm³/mol. The van der Waals surface area contributed by atoms with Crippen LogP contribution in [0.4, 0.5) is 10.1 Å². The number of ether oxygens (including phenoxy) is 1. The van der Waals surface area contributed by atoms with Crippen LogP contribution in [0, 0.1) is 22.9 Å². The minimum absolute atomic E-state index is 0.0887. The number of benzene rings is 1. The molecule has 0 radical (unpaired) electrons. The smallest absolute Gasteiger partial charge is 0.270 e. The summed E-state index contributed by atoms with van der Waals surface area (Å²) in [6.07, 6.45) is 0. The number of nitro groups is 1. The van der Waals surface area contributed by atoms with Crippen molar-refractivity contribution in [2.24, 2.45) is 0 Å². The molecule has 6 nitrogen and oxygen atoms in total. The van der Waals surface area contributed by atoms with Crippen molar-refractivity contribution in [3.8, 4) is 0 Å². The molecule has 7 heteroatoms. The molecule has 102 valence electrons. The minimum atomic E-state index is -0.706. The highest BCUT2D eigenvalue weighted by Gasteiger charge is 2.25. The molecule has 1 aromatic carbocycles. The molecule has 0 aromatic heterocycles. The summed E-state index contributed by atoms with van der Waals surface area (Å²) in [6, 6.07) is 2.10. The molecule has 2 rings (SSSR count). The number of carbonyl (C=O) groups excluding carboxylic acids is 1. The maximum Gasteiger partial charge on any atom is 0.270 e. The molecule has 0 N–H and O–H groups in total. The van der Waals surface area contributed by atoms with Gasteiger partial charge in [-0.25, -0.2) is 4.39 Å². The number of hydrogen-bond donors (Lipinski definition) is 0. The largest absolute Gasteiger partial charge is 0.378 e. The molecule has 0 atom stereocenters. The third kappa shape index (κ3) is 2.70. The maximum absolute atomic E-state index is 13.9. The van der Waals surface area contributed by atoms with Crippen LogP contribution in [0.1, 0.15) is 15.9 Å². The molecule has 1 aliphatic heterocycles. The Morgan fingerprint density at radius 1 is 1.42 bits per heavy atom. The summed E-state index contributed by atoms with van der Waals surface area (Å²) in [5.74, 6) is -1.24. The van der Waals surface area contributed by atoms with Gasteiger partial charge in [-0.05, 0) is 12.5 Å². The molecule has 1 saturated heterocycles. The van der Waals surface area contributed by atoms with E-state index in [9.17, 15) is 19.3 Å². The molecule has 1 aromatic rings. The van der Waals surface area contributed by atoms with E-state index < -0.39 is 16.6 Å². The van der Waals surface area contributed by atoms with E-state index in [4.69, 9.17) is 4.74 Å². The Morgan fingerprint density at radius 3 is 2.63 bits per heavy atom. The van der Waals surface area contributed by atoms with Crippen LogP contribution in [0.25, 0.3) is 0 Å². The second kappa shape index (κ2) is 5.31. The molecule has 0 spiro atoms. The number of nitro benzene ring substituents is 1. The van der Waals surface area contributed by atoms with E-state index >= 15 is 0 Å². The van der Waals surface area contributed by atoms with E-state index in [0.717, 1.165) is 12.1 Å². The summed E-state index contributed by atoms with van der Waals surface area (Å²) in [5, 5.41) is 10.8. The molecule has 0 unspecified atom stereocenters. The van der Waals surface area contributed by atoms with Gasteiger partial charge in [-0.15, -0.1) is 0 Å². The fourth-order valence-electron chi connectivity index (χ4n) is 1.95. The summed E-state index contributed by atoms with van der Waals surface area (Å²) in [4.78, 5) is 23.7. The molecule has 0 aliphatic carbocycles. The Hall–Kier alpha value is -2.02. The third-order valence-corrected chi connectivity index (χ3v) is 2.98. The zero-order valence-corrected chi connectivity index (χ0v) is 10.4. The first-order valence-corrected chi connectivity index (χ1v) is 5.82. The predicted octanol–water partition coefficient (Wildman–Crippen LogP) is 1.51. The van der Waals surface area contributed by atoms with Crippen LogP contribution >= 0.6 is 0 Å². The number of carbonyl (C=O) groups is 1. The first kappa shape index (κ1) is 13.4. The Labute approximate surface area is 108 Å². The second-order valence-electron chi connectivity index (χ2n) is 4.29. The number of non-ortho nitro benzene ring substituents is 1. The van der Waals surface area contributed by atoms with Gasteiger partial charge in [0.2, 0.25) is 0 Å². The highest BCUT2D eigenvalue weighted by Crippen LogP contribution is 2.22. The molecule has 1 amide bonds. The fourth-order valence-corrected chi connectivity index (χ4v) is 1.95. The van der Waals surface area contributed by atoms with E-state index in [-0.39, 0.29) is 16.8 Å². The zero-order chi connectivity index (χ0) is 14.0. The van der Waals surface area contributed by atoms with E-state index in [0.29, 0.717) is 26.3 Å². The first-order chi connectivity index (χ1) is 9.00. The number of rotatable bonds is 2. The first-order valence-electron chi connectivity index (χ1n) is 5.82. The highest BCUT2D eigenvalue weighted by atomic mass is 19.1. The number of aryl methyl sites for hydroxylation is 1. The lowest BCUT2D eigenvalue weighted by Crippen LogP contribution is -2.41. The van der Waals surface area contributed by atoms with Gasteiger partial charge in [0.1, 0.15) is 5.82 Å². The van der Waals surface area contributed by atoms with Crippen molar-refractivity contribution in [3.63, 3.8) is 0 Å². The van der Waals surface area contributed by atoms with Gasteiger partial charge in [0, 0.05) is 25.2 Å². The topological polar surface area (TPSA) is 72.7 Å². The Morgan fingerprint density at radius 2 is 2.05 bits per heavy atom. The summed E-state index contributed by atoms with van der Waals surface area (Å²) in [7, 11) is 0. The lowest BCUT2D eigenvalue weighted by molar-refractivity contribution is -0.385. The summed E-state index contributed by atoms with van der Waals surface area (Å²) in [5.41, 5.74) is -0.449. The monoisotopic (exact) mass is 268 g/mol. The van der Waals surface area contributed by atoms with Crippen molar-refractivity contribution in [1.29, 1.82) is 0 Å². The van der Waals surface area contributed by atoms with Gasteiger partial charge in [0.15, 0.2) is 0 Å². The zero-order valence-electron chi connectivity index (χ0n) is 10.4. The molecule has 1 fully saturated rings. The number of amides is 1. The molecular formula is C12H13FN2O4. The molecule has 19 heavy (non-hydrogen) atoms. The number of nitrogens with zero attached hydrogens (tertiary/aromatic N) is 2. The third-order valence-electron chi connectivity index (χ3n) is 2.98.